The summed E-state index contributed by atoms with van der Waals surface area (Å²) >= 11 is 0. The fourth-order valence-corrected chi connectivity index (χ4v) is 4.19. The number of halogens is 1. The number of carbonyl (C=O) groups excluding carboxylic acids is 3. The van der Waals surface area contributed by atoms with Gasteiger partial charge in [0.05, 0.1) is 5.56 Å². The fraction of sp³-hybridized carbons (Fsp3) is 0.400. The van der Waals surface area contributed by atoms with Gasteiger partial charge in [0, 0.05) is 31.9 Å². The van der Waals surface area contributed by atoms with Gasteiger partial charge in [-0.3, -0.25) is 14.4 Å². The van der Waals surface area contributed by atoms with Crippen molar-refractivity contribution in [1.29, 1.82) is 0 Å². The zero-order valence-corrected chi connectivity index (χ0v) is 18.4. The van der Waals surface area contributed by atoms with Gasteiger partial charge in [-0.05, 0) is 56.1 Å². The first-order valence-electron chi connectivity index (χ1n) is 10.8. The highest BCUT2D eigenvalue weighted by atomic mass is 19.1. The van der Waals surface area contributed by atoms with Gasteiger partial charge in [0.25, 0.3) is 0 Å². The smallest absolute Gasteiger partial charge is 0.308 e. The summed E-state index contributed by atoms with van der Waals surface area (Å²) in [5.41, 5.74) is 1.87. The highest BCUT2D eigenvalue weighted by Crippen LogP contribution is 2.37. The van der Waals surface area contributed by atoms with Gasteiger partial charge in [0.2, 0.25) is 0 Å². The Morgan fingerprint density at radius 2 is 1.78 bits per heavy atom. The lowest BCUT2D eigenvalue weighted by Gasteiger charge is -2.36. The Bertz CT molecular complexity index is 951. The summed E-state index contributed by atoms with van der Waals surface area (Å²) in [6.45, 7) is 5.12. The number of rotatable bonds is 8. The van der Waals surface area contributed by atoms with Crippen LogP contribution < -0.4 is 4.74 Å². The largest absolute Gasteiger partial charge is 0.457 e. The van der Waals surface area contributed by atoms with E-state index in [1.54, 1.807) is 30.3 Å². The molecular formula is C25H28FNO5. The number of ether oxygens (including phenoxy) is 2. The van der Waals surface area contributed by atoms with Crippen LogP contribution in [0, 0.1) is 11.7 Å². The first-order valence-corrected chi connectivity index (χ1v) is 10.8. The van der Waals surface area contributed by atoms with Crippen molar-refractivity contribution in [2.24, 2.45) is 5.92 Å². The molecule has 0 bridgehead atoms. The van der Waals surface area contributed by atoms with Crippen LogP contribution in [0.5, 0.6) is 5.75 Å². The van der Waals surface area contributed by atoms with Crippen molar-refractivity contribution in [2.45, 2.75) is 39.2 Å². The molecule has 6 nitrogen and oxygen atoms in total. The van der Waals surface area contributed by atoms with Gasteiger partial charge < -0.3 is 14.4 Å². The topological polar surface area (TPSA) is 72.9 Å². The highest BCUT2D eigenvalue weighted by molar-refractivity contribution is 5.84. The quantitative estimate of drug-likeness (QED) is 0.349. The number of piperidine rings is 1. The maximum Gasteiger partial charge on any atom is 0.308 e. The van der Waals surface area contributed by atoms with Crippen LogP contribution in [0.25, 0.3) is 0 Å². The number of aldehydes is 1. The molecule has 7 heteroatoms. The predicted octanol–water partition coefficient (Wildman–Crippen LogP) is 4.12. The maximum absolute atomic E-state index is 13.1. The Morgan fingerprint density at radius 3 is 2.38 bits per heavy atom. The van der Waals surface area contributed by atoms with Gasteiger partial charge in [-0.1, -0.05) is 24.3 Å². The van der Waals surface area contributed by atoms with Crippen molar-refractivity contribution in [3.63, 3.8) is 0 Å². The van der Waals surface area contributed by atoms with Gasteiger partial charge in [-0.2, -0.15) is 0 Å². The Morgan fingerprint density at radius 1 is 1.09 bits per heavy atom. The Hall–Kier alpha value is -3.06. The second-order valence-corrected chi connectivity index (χ2v) is 8.06. The molecule has 0 spiro atoms. The number of carbonyl (C=O) groups is 3. The van der Waals surface area contributed by atoms with Crippen LogP contribution in [-0.4, -0.2) is 42.8 Å². The summed E-state index contributed by atoms with van der Waals surface area (Å²) in [7, 11) is 0. The molecule has 1 aliphatic rings. The third-order valence-electron chi connectivity index (χ3n) is 5.76. The van der Waals surface area contributed by atoms with Crippen molar-refractivity contribution in [3.05, 3.63) is 65.0 Å². The number of nitrogens with zero attached hydrogens (tertiary/aromatic N) is 1. The van der Waals surface area contributed by atoms with E-state index in [2.05, 4.69) is 4.90 Å². The standard InChI is InChI=1S/C25H28FNO5/c1-17(29)31-24-5-3-4-22(23(24)16-28)25(32-18(2)30)20-11-14-27(15-12-20)13-10-19-6-8-21(26)9-7-19/h3-9,16,20,25H,10-15H2,1-2H3. The van der Waals surface area contributed by atoms with Crippen molar-refractivity contribution in [1.82, 2.24) is 4.90 Å². The van der Waals surface area contributed by atoms with E-state index < -0.39 is 18.0 Å². The van der Waals surface area contributed by atoms with E-state index in [9.17, 15) is 18.8 Å². The zero-order chi connectivity index (χ0) is 23.1. The first-order chi connectivity index (χ1) is 15.4. The summed E-state index contributed by atoms with van der Waals surface area (Å²) in [6, 6.07) is 11.5. The predicted molar refractivity (Wildman–Crippen MR) is 117 cm³/mol. The molecule has 170 valence electrons. The van der Waals surface area contributed by atoms with Crippen LogP contribution in [0.3, 0.4) is 0 Å². The molecule has 0 saturated carbocycles. The molecule has 1 saturated heterocycles. The molecule has 1 atom stereocenters. The molecule has 1 heterocycles. The molecule has 1 aliphatic heterocycles. The average molecular weight is 441 g/mol. The van der Waals surface area contributed by atoms with E-state index in [0.717, 1.165) is 44.5 Å². The summed E-state index contributed by atoms with van der Waals surface area (Å²) < 4.78 is 23.9. The lowest BCUT2D eigenvalue weighted by atomic mass is 9.85. The zero-order valence-electron chi connectivity index (χ0n) is 18.4. The van der Waals surface area contributed by atoms with Gasteiger partial charge in [0.15, 0.2) is 6.29 Å². The molecule has 2 aromatic carbocycles. The molecule has 0 aliphatic carbocycles. The molecule has 0 radical (unpaired) electrons. The average Bonchev–Trinajstić information content (AvgIpc) is 2.77. The number of hydrogen-bond acceptors (Lipinski definition) is 6. The number of likely N-dealkylation sites (tertiary alicyclic amines) is 1. The summed E-state index contributed by atoms with van der Waals surface area (Å²) in [6.07, 6.45) is 2.46. The van der Waals surface area contributed by atoms with Crippen LogP contribution in [0.2, 0.25) is 0 Å². The summed E-state index contributed by atoms with van der Waals surface area (Å²) in [5, 5.41) is 0. The lowest BCUT2D eigenvalue weighted by Crippen LogP contribution is -2.37. The van der Waals surface area contributed by atoms with Gasteiger partial charge >= 0.3 is 11.9 Å². The number of hydrogen-bond donors (Lipinski definition) is 0. The molecule has 1 fully saturated rings. The van der Waals surface area contributed by atoms with Crippen LogP contribution in [0.4, 0.5) is 4.39 Å². The first kappa shape index (κ1) is 23.6. The number of benzene rings is 2. The minimum absolute atomic E-state index is 0.0345. The molecule has 0 amide bonds. The monoisotopic (exact) mass is 441 g/mol. The minimum Gasteiger partial charge on any atom is -0.457 e. The Balaban J connectivity index is 1.70. The van der Waals surface area contributed by atoms with Gasteiger partial charge in [0.1, 0.15) is 17.7 Å². The Labute approximate surface area is 187 Å². The van der Waals surface area contributed by atoms with Crippen molar-refractivity contribution >= 4 is 18.2 Å². The minimum atomic E-state index is -0.595. The van der Waals surface area contributed by atoms with E-state index in [1.165, 1.54) is 26.0 Å². The Kier molecular flexibility index (Phi) is 8.11. The second kappa shape index (κ2) is 11.0. The normalized spacial score (nSPS) is 15.7. The van der Waals surface area contributed by atoms with E-state index in [4.69, 9.17) is 9.47 Å². The third kappa shape index (κ3) is 6.23. The van der Waals surface area contributed by atoms with E-state index in [1.807, 2.05) is 0 Å². The molecule has 3 rings (SSSR count). The van der Waals surface area contributed by atoms with Gasteiger partial charge in [-0.15, -0.1) is 0 Å². The van der Waals surface area contributed by atoms with Crippen LogP contribution in [0.15, 0.2) is 42.5 Å². The third-order valence-corrected chi connectivity index (χ3v) is 5.76. The van der Waals surface area contributed by atoms with E-state index in [-0.39, 0.29) is 23.0 Å². The summed E-state index contributed by atoms with van der Waals surface area (Å²) in [4.78, 5) is 37.4. The van der Waals surface area contributed by atoms with E-state index in [0.29, 0.717) is 11.8 Å². The van der Waals surface area contributed by atoms with Crippen molar-refractivity contribution in [3.8, 4) is 5.75 Å². The van der Waals surface area contributed by atoms with E-state index >= 15 is 0 Å². The van der Waals surface area contributed by atoms with Crippen LogP contribution in [-0.2, 0) is 20.7 Å². The van der Waals surface area contributed by atoms with Crippen LogP contribution in [0.1, 0.15) is 54.3 Å². The molecular weight excluding hydrogens is 413 g/mol. The highest BCUT2D eigenvalue weighted by Gasteiger charge is 2.32. The molecule has 0 N–H and O–H groups in total. The van der Waals surface area contributed by atoms with Crippen LogP contribution >= 0.6 is 0 Å². The molecule has 0 aromatic heterocycles. The van der Waals surface area contributed by atoms with Gasteiger partial charge in [-0.25, -0.2) is 4.39 Å². The maximum atomic E-state index is 13.1. The van der Waals surface area contributed by atoms with Crippen molar-refractivity contribution in [2.75, 3.05) is 19.6 Å². The molecule has 2 aromatic rings. The molecule has 1 unspecified atom stereocenters. The number of esters is 2. The SMILES string of the molecule is CC(=O)Oc1cccc(C(OC(C)=O)C2CCN(CCc3ccc(F)cc3)CC2)c1C=O. The summed E-state index contributed by atoms with van der Waals surface area (Å²) in [5.74, 6) is -0.989. The molecule has 32 heavy (non-hydrogen) atoms. The van der Waals surface area contributed by atoms with Crippen molar-refractivity contribution < 1.29 is 28.2 Å². The second-order valence-electron chi connectivity index (χ2n) is 8.06. The lowest BCUT2D eigenvalue weighted by molar-refractivity contribution is -0.150. The fourth-order valence-electron chi connectivity index (χ4n) is 4.19.